The highest BCUT2D eigenvalue weighted by atomic mass is 16.6. The predicted molar refractivity (Wildman–Crippen MR) is 183 cm³/mol. The highest BCUT2D eigenvalue weighted by molar-refractivity contribution is 5.71. The van der Waals surface area contributed by atoms with Crippen molar-refractivity contribution < 1.29 is 28.6 Å². The third-order valence-corrected chi connectivity index (χ3v) is 8.36. The number of rotatable bonds is 34. The lowest BCUT2D eigenvalue weighted by Crippen LogP contribution is -2.30. The maximum Gasteiger partial charge on any atom is 0.306 e. The van der Waals surface area contributed by atoms with E-state index in [2.05, 4.69) is 20.8 Å². The summed E-state index contributed by atoms with van der Waals surface area (Å²) in [6.45, 7) is 6.51. The highest BCUT2D eigenvalue weighted by Gasteiger charge is 2.19. The fourth-order valence-corrected chi connectivity index (χ4v) is 5.44. The van der Waals surface area contributed by atoms with E-state index in [1.54, 1.807) is 0 Å². The zero-order chi connectivity index (χ0) is 32.4. The van der Waals surface area contributed by atoms with Crippen LogP contribution >= 0.6 is 0 Å². The zero-order valence-electron chi connectivity index (χ0n) is 29.4. The molecule has 0 spiro atoms. The lowest BCUT2D eigenvalue weighted by atomic mass is 10.0. The van der Waals surface area contributed by atoms with Crippen LogP contribution < -0.4 is 0 Å². The fraction of sp³-hybridized carbons (Fsp3) is 0.921. The molecule has 0 aliphatic carbocycles. The molecule has 0 aliphatic heterocycles. The first-order valence-corrected chi connectivity index (χ1v) is 19.0. The number of carbonyl (C=O) groups excluding carboxylic acids is 3. The van der Waals surface area contributed by atoms with Crippen molar-refractivity contribution in [2.75, 3.05) is 13.2 Å². The average Bonchev–Trinajstić information content (AvgIpc) is 3.02. The largest absolute Gasteiger partial charge is 0.462 e. The molecule has 1 unspecified atom stereocenters. The minimum absolute atomic E-state index is 0.0653. The third-order valence-electron chi connectivity index (χ3n) is 8.36. The van der Waals surface area contributed by atoms with E-state index < -0.39 is 6.10 Å². The Labute approximate surface area is 272 Å². The zero-order valence-corrected chi connectivity index (χ0v) is 29.4. The van der Waals surface area contributed by atoms with Crippen LogP contribution in [0.3, 0.4) is 0 Å². The first-order chi connectivity index (χ1) is 21.5. The minimum Gasteiger partial charge on any atom is -0.462 e. The van der Waals surface area contributed by atoms with Gasteiger partial charge in [0.2, 0.25) is 0 Å². The molecule has 0 fully saturated rings. The van der Waals surface area contributed by atoms with Crippen molar-refractivity contribution >= 4 is 17.9 Å². The molecule has 0 radical (unpaired) electrons. The van der Waals surface area contributed by atoms with Gasteiger partial charge in [-0.15, -0.1) is 0 Å². The smallest absolute Gasteiger partial charge is 0.306 e. The topological polar surface area (TPSA) is 78.9 Å². The molecule has 0 bridgehead atoms. The number of unbranched alkanes of at least 4 members (excludes halogenated alkanes) is 23. The van der Waals surface area contributed by atoms with Gasteiger partial charge >= 0.3 is 17.9 Å². The number of ether oxygens (including phenoxy) is 3. The van der Waals surface area contributed by atoms with Crippen LogP contribution in [0.1, 0.15) is 207 Å². The van der Waals surface area contributed by atoms with E-state index in [9.17, 15) is 14.4 Å². The second kappa shape index (κ2) is 34.3. The summed E-state index contributed by atoms with van der Waals surface area (Å²) in [6.07, 6.45) is 31.2. The molecule has 0 amide bonds. The molecule has 1 atom stereocenters. The van der Waals surface area contributed by atoms with Gasteiger partial charge in [-0.05, 0) is 19.3 Å². The Bertz CT molecular complexity index is 649. The highest BCUT2D eigenvalue weighted by Crippen LogP contribution is 2.14. The first kappa shape index (κ1) is 42.4. The van der Waals surface area contributed by atoms with Gasteiger partial charge in [0.15, 0.2) is 6.10 Å². The molecule has 260 valence electrons. The Morgan fingerprint density at radius 3 is 0.909 bits per heavy atom. The lowest BCUT2D eigenvalue weighted by Gasteiger charge is -2.18. The molecule has 0 N–H and O–H groups in total. The van der Waals surface area contributed by atoms with Crippen LogP contribution in [0.25, 0.3) is 0 Å². The third kappa shape index (κ3) is 31.8. The molecule has 0 aliphatic rings. The molecular weight excluding hydrogens is 552 g/mol. The number of carbonyl (C=O) groups is 3. The van der Waals surface area contributed by atoms with Gasteiger partial charge in [-0.2, -0.15) is 0 Å². The Kier molecular flexibility index (Phi) is 33.0. The van der Waals surface area contributed by atoms with Crippen molar-refractivity contribution in [2.24, 2.45) is 0 Å². The lowest BCUT2D eigenvalue weighted by molar-refractivity contribution is -0.167. The van der Waals surface area contributed by atoms with Crippen molar-refractivity contribution in [3.8, 4) is 0 Å². The molecular formula is C38H72O6. The van der Waals surface area contributed by atoms with Gasteiger partial charge in [0.25, 0.3) is 0 Å². The van der Waals surface area contributed by atoms with Gasteiger partial charge in [0.05, 0.1) is 0 Å². The SMILES string of the molecule is CCCCCCCCCCCCCCCC(=O)OCC(COC(=O)CCCCCCC)OC(=O)CCCCCCCCCC. The molecule has 0 rings (SSSR count). The van der Waals surface area contributed by atoms with Gasteiger partial charge in [-0.1, -0.05) is 168 Å². The van der Waals surface area contributed by atoms with Gasteiger partial charge in [-0.3, -0.25) is 14.4 Å². The van der Waals surface area contributed by atoms with Gasteiger partial charge in [0.1, 0.15) is 13.2 Å². The first-order valence-electron chi connectivity index (χ1n) is 19.0. The van der Waals surface area contributed by atoms with Crippen molar-refractivity contribution in [3.63, 3.8) is 0 Å². The van der Waals surface area contributed by atoms with Crippen LogP contribution in [0.2, 0.25) is 0 Å². The standard InChI is InChI=1S/C38H72O6/c1-4-7-10-13-15-17-18-19-20-21-23-25-28-31-37(40)43-34-35(33-42-36(39)30-27-24-12-9-6-3)44-38(41)32-29-26-22-16-14-11-8-5-2/h35H,4-34H2,1-3H3. The van der Waals surface area contributed by atoms with E-state index >= 15 is 0 Å². The molecule has 0 saturated heterocycles. The summed E-state index contributed by atoms with van der Waals surface area (Å²) >= 11 is 0. The van der Waals surface area contributed by atoms with Crippen molar-refractivity contribution in [1.82, 2.24) is 0 Å². The van der Waals surface area contributed by atoms with Crippen molar-refractivity contribution in [1.29, 1.82) is 0 Å². The van der Waals surface area contributed by atoms with Crippen LogP contribution in [0.15, 0.2) is 0 Å². The Balaban J connectivity index is 4.22. The maximum atomic E-state index is 12.5. The fourth-order valence-electron chi connectivity index (χ4n) is 5.44. The van der Waals surface area contributed by atoms with Gasteiger partial charge < -0.3 is 14.2 Å². The number of hydrogen-bond donors (Lipinski definition) is 0. The van der Waals surface area contributed by atoms with Gasteiger partial charge in [-0.25, -0.2) is 0 Å². The molecule has 0 aromatic rings. The average molecular weight is 625 g/mol. The summed E-state index contributed by atoms with van der Waals surface area (Å²) in [6, 6.07) is 0. The monoisotopic (exact) mass is 625 g/mol. The quantitative estimate of drug-likeness (QED) is 0.0402. The van der Waals surface area contributed by atoms with Crippen molar-refractivity contribution in [2.45, 2.75) is 213 Å². The molecule has 0 heterocycles. The minimum atomic E-state index is -0.754. The van der Waals surface area contributed by atoms with E-state index in [0.29, 0.717) is 19.3 Å². The summed E-state index contributed by atoms with van der Waals surface area (Å²) < 4.78 is 16.5. The summed E-state index contributed by atoms with van der Waals surface area (Å²) in [5.74, 6) is -0.882. The molecule has 6 nitrogen and oxygen atoms in total. The summed E-state index contributed by atoms with van der Waals surface area (Å²) in [7, 11) is 0. The van der Waals surface area contributed by atoms with E-state index in [4.69, 9.17) is 14.2 Å². The number of esters is 3. The van der Waals surface area contributed by atoms with E-state index in [1.165, 1.54) is 103 Å². The Morgan fingerprint density at radius 1 is 0.364 bits per heavy atom. The van der Waals surface area contributed by atoms with Crippen LogP contribution in [0.4, 0.5) is 0 Å². The normalized spacial score (nSPS) is 11.8. The maximum absolute atomic E-state index is 12.5. The van der Waals surface area contributed by atoms with E-state index in [0.717, 1.165) is 64.2 Å². The summed E-state index contributed by atoms with van der Waals surface area (Å²) in [5, 5.41) is 0. The second-order valence-electron chi connectivity index (χ2n) is 12.9. The van der Waals surface area contributed by atoms with E-state index in [-0.39, 0.29) is 31.1 Å². The number of hydrogen-bond acceptors (Lipinski definition) is 6. The van der Waals surface area contributed by atoms with Crippen LogP contribution in [0, 0.1) is 0 Å². The molecule has 0 aromatic heterocycles. The van der Waals surface area contributed by atoms with Crippen molar-refractivity contribution in [3.05, 3.63) is 0 Å². The summed E-state index contributed by atoms with van der Waals surface area (Å²) in [5.41, 5.74) is 0. The Hall–Kier alpha value is -1.59. The Morgan fingerprint density at radius 2 is 0.614 bits per heavy atom. The molecule has 6 heteroatoms. The van der Waals surface area contributed by atoms with Crippen LogP contribution in [0.5, 0.6) is 0 Å². The molecule has 44 heavy (non-hydrogen) atoms. The second-order valence-corrected chi connectivity index (χ2v) is 12.9. The van der Waals surface area contributed by atoms with Crippen LogP contribution in [-0.4, -0.2) is 37.2 Å². The van der Waals surface area contributed by atoms with E-state index in [1.807, 2.05) is 0 Å². The molecule has 0 saturated carbocycles. The summed E-state index contributed by atoms with van der Waals surface area (Å²) in [4.78, 5) is 37.1. The van der Waals surface area contributed by atoms with Crippen LogP contribution in [-0.2, 0) is 28.6 Å². The van der Waals surface area contributed by atoms with Gasteiger partial charge in [0, 0.05) is 19.3 Å². The molecule has 0 aromatic carbocycles. The predicted octanol–water partition coefficient (Wildman–Crippen LogP) is 11.4.